The molecule has 8 N–H and O–H groups in total. The van der Waals surface area contributed by atoms with Crippen LogP contribution in [0.4, 0.5) is 0 Å². The largest absolute Gasteiger partial charge is 0.391 e. The van der Waals surface area contributed by atoms with Crippen LogP contribution in [-0.2, 0) is 27.2 Å². The maximum atomic E-state index is 13.3. The van der Waals surface area contributed by atoms with Crippen molar-refractivity contribution in [2.45, 2.75) is 63.3 Å². The van der Waals surface area contributed by atoms with Gasteiger partial charge in [-0.05, 0) is 56.7 Å². The van der Waals surface area contributed by atoms with Gasteiger partial charge in [0.2, 0.25) is 17.7 Å². The number of benzene rings is 2. The van der Waals surface area contributed by atoms with Gasteiger partial charge in [0, 0.05) is 6.54 Å². The van der Waals surface area contributed by atoms with Crippen molar-refractivity contribution < 1.29 is 19.5 Å². The van der Waals surface area contributed by atoms with Gasteiger partial charge in [0.25, 0.3) is 0 Å². The molecule has 36 heavy (non-hydrogen) atoms. The zero-order valence-electron chi connectivity index (χ0n) is 20.9. The van der Waals surface area contributed by atoms with Crippen LogP contribution in [0.1, 0.15) is 37.3 Å². The second-order valence-corrected chi connectivity index (χ2v) is 8.97. The number of nitrogens with two attached hydrogens (primary N) is 2. The molecule has 0 radical (unpaired) electrons. The molecular weight excluding hydrogens is 458 g/mol. The van der Waals surface area contributed by atoms with E-state index in [1.807, 2.05) is 60.7 Å². The topological polar surface area (TPSA) is 160 Å². The second-order valence-electron chi connectivity index (χ2n) is 8.97. The number of primary amides is 1. The Balaban J connectivity index is 2.10. The molecule has 0 saturated carbocycles. The Labute approximate surface area is 213 Å². The van der Waals surface area contributed by atoms with Gasteiger partial charge in [0.1, 0.15) is 12.1 Å². The summed E-state index contributed by atoms with van der Waals surface area (Å²) in [5, 5.41) is 19.1. The van der Waals surface area contributed by atoms with Gasteiger partial charge in [0.15, 0.2) is 0 Å². The predicted octanol–water partition coefficient (Wildman–Crippen LogP) is 0.395. The molecule has 0 bridgehead atoms. The Hall–Kier alpha value is -3.27. The van der Waals surface area contributed by atoms with Gasteiger partial charge < -0.3 is 32.5 Å². The maximum absolute atomic E-state index is 13.3. The van der Waals surface area contributed by atoms with E-state index in [9.17, 15) is 19.5 Å². The Morgan fingerprint density at radius 2 is 1.39 bits per heavy atom. The van der Waals surface area contributed by atoms with Gasteiger partial charge in [-0.25, -0.2) is 0 Å². The summed E-state index contributed by atoms with van der Waals surface area (Å²) >= 11 is 0. The second kappa shape index (κ2) is 15.7. The SMILES string of the molecule is CC(NC(=O)C(CCCCN)NC(=O)C(Cc1ccccc1)NCC(O)Cc1ccccc1)C(N)=O. The Bertz CT molecular complexity index is 942. The molecule has 2 aromatic rings. The lowest BCUT2D eigenvalue weighted by Crippen LogP contribution is -2.56. The molecule has 4 unspecified atom stereocenters. The first-order valence-corrected chi connectivity index (χ1v) is 12.4. The normalized spacial score (nSPS) is 14.3. The highest BCUT2D eigenvalue weighted by Gasteiger charge is 2.27. The molecule has 4 atom stereocenters. The van der Waals surface area contributed by atoms with Crippen molar-refractivity contribution in [3.05, 3.63) is 71.8 Å². The summed E-state index contributed by atoms with van der Waals surface area (Å²) < 4.78 is 0. The number of unbranched alkanes of at least 4 members (excludes halogenated alkanes) is 1. The third-order valence-electron chi connectivity index (χ3n) is 5.88. The lowest BCUT2D eigenvalue weighted by molar-refractivity contribution is -0.132. The number of hydrogen-bond donors (Lipinski definition) is 6. The molecule has 0 aliphatic rings. The standard InChI is InChI=1S/C27H39N5O4/c1-19(25(29)34)31-26(35)23(14-8-9-15-28)32-27(36)24(17-21-12-6-3-7-13-21)30-18-22(33)16-20-10-4-2-5-11-20/h2-7,10-13,19,22-24,30,33H,8-9,14-18,28H2,1H3,(H2,29,34)(H,31,35)(H,32,36). The van der Waals surface area contributed by atoms with Crippen molar-refractivity contribution in [3.8, 4) is 0 Å². The molecule has 2 rings (SSSR count). The molecule has 196 valence electrons. The number of rotatable bonds is 16. The fourth-order valence-corrected chi connectivity index (χ4v) is 3.76. The van der Waals surface area contributed by atoms with Crippen LogP contribution in [0.3, 0.4) is 0 Å². The molecule has 3 amide bonds. The highest BCUT2D eigenvalue weighted by atomic mass is 16.3. The summed E-state index contributed by atoms with van der Waals surface area (Å²) in [6.45, 7) is 2.16. The summed E-state index contributed by atoms with van der Waals surface area (Å²) in [5.74, 6) is -1.51. The van der Waals surface area contributed by atoms with E-state index in [1.54, 1.807) is 0 Å². The van der Waals surface area contributed by atoms with E-state index in [2.05, 4.69) is 16.0 Å². The monoisotopic (exact) mass is 497 g/mol. The highest BCUT2D eigenvalue weighted by Crippen LogP contribution is 2.08. The molecule has 9 nitrogen and oxygen atoms in total. The first-order valence-electron chi connectivity index (χ1n) is 12.4. The van der Waals surface area contributed by atoms with Crippen molar-refractivity contribution in [2.75, 3.05) is 13.1 Å². The van der Waals surface area contributed by atoms with Crippen molar-refractivity contribution >= 4 is 17.7 Å². The molecule has 0 aliphatic heterocycles. The fraction of sp³-hybridized carbons (Fsp3) is 0.444. The number of carbonyl (C=O) groups is 3. The van der Waals surface area contributed by atoms with Crippen molar-refractivity contribution in [1.29, 1.82) is 0 Å². The average Bonchev–Trinajstić information content (AvgIpc) is 2.87. The smallest absolute Gasteiger partial charge is 0.243 e. The zero-order valence-corrected chi connectivity index (χ0v) is 20.9. The van der Waals surface area contributed by atoms with Crippen LogP contribution >= 0.6 is 0 Å². The van der Waals surface area contributed by atoms with E-state index in [-0.39, 0.29) is 12.5 Å². The zero-order chi connectivity index (χ0) is 26.3. The molecule has 0 heterocycles. The van der Waals surface area contributed by atoms with E-state index in [0.717, 1.165) is 11.1 Å². The average molecular weight is 498 g/mol. The van der Waals surface area contributed by atoms with Gasteiger partial charge in [-0.15, -0.1) is 0 Å². The summed E-state index contributed by atoms with van der Waals surface area (Å²) in [6.07, 6.45) is 1.82. The minimum atomic E-state index is -0.863. The maximum Gasteiger partial charge on any atom is 0.243 e. The first kappa shape index (κ1) is 29.0. The van der Waals surface area contributed by atoms with Crippen molar-refractivity contribution in [1.82, 2.24) is 16.0 Å². The minimum absolute atomic E-state index is 0.197. The van der Waals surface area contributed by atoms with Crippen molar-refractivity contribution in [3.63, 3.8) is 0 Å². The number of aliphatic hydroxyl groups is 1. The Morgan fingerprint density at radius 3 is 1.94 bits per heavy atom. The summed E-state index contributed by atoms with van der Waals surface area (Å²) in [7, 11) is 0. The molecule has 0 spiro atoms. The molecule has 0 aromatic heterocycles. The molecule has 2 aromatic carbocycles. The first-order chi connectivity index (χ1) is 17.3. The lowest BCUT2D eigenvalue weighted by atomic mass is 10.0. The summed E-state index contributed by atoms with van der Waals surface area (Å²) in [5.41, 5.74) is 12.8. The number of hydrogen-bond acceptors (Lipinski definition) is 6. The van der Waals surface area contributed by atoms with Gasteiger partial charge in [-0.1, -0.05) is 60.7 Å². The number of carbonyl (C=O) groups excluding carboxylic acids is 3. The van der Waals surface area contributed by atoms with E-state index in [4.69, 9.17) is 11.5 Å². The van der Waals surface area contributed by atoms with Crippen LogP contribution < -0.4 is 27.4 Å². The third kappa shape index (κ3) is 10.6. The van der Waals surface area contributed by atoms with Gasteiger partial charge in [0.05, 0.1) is 12.1 Å². The molecule has 0 fully saturated rings. The summed E-state index contributed by atoms with van der Waals surface area (Å²) in [6, 6.07) is 16.7. The number of aliphatic hydroxyl groups excluding tert-OH is 1. The van der Waals surface area contributed by atoms with Gasteiger partial charge in [-0.2, -0.15) is 0 Å². The quantitative estimate of drug-likeness (QED) is 0.184. The molecule has 0 aliphatic carbocycles. The number of amides is 3. The third-order valence-corrected chi connectivity index (χ3v) is 5.88. The van der Waals surface area contributed by atoms with E-state index in [1.165, 1.54) is 6.92 Å². The molecule has 0 saturated heterocycles. The van der Waals surface area contributed by atoms with Crippen LogP contribution in [0.15, 0.2) is 60.7 Å². The van der Waals surface area contributed by atoms with Crippen LogP contribution in [0.25, 0.3) is 0 Å². The van der Waals surface area contributed by atoms with Crippen LogP contribution in [0.5, 0.6) is 0 Å². The van der Waals surface area contributed by atoms with Crippen LogP contribution in [-0.4, -0.2) is 60.1 Å². The van der Waals surface area contributed by atoms with Gasteiger partial charge >= 0.3 is 0 Å². The van der Waals surface area contributed by atoms with E-state index in [0.29, 0.717) is 38.6 Å². The van der Waals surface area contributed by atoms with Crippen LogP contribution in [0.2, 0.25) is 0 Å². The Kier molecular flexibility index (Phi) is 12.6. The minimum Gasteiger partial charge on any atom is -0.391 e. The lowest BCUT2D eigenvalue weighted by Gasteiger charge is -2.25. The van der Waals surface area contributed by atoms with Gasteiger partial charge in [-0.3, -0.25) is 14.4 Å². The van der Waals surface area contributed by atoms with Crippen LogP contribution in [0, 0.1) is 0 Å². The highest BCUT2D eigenvalue weighted by molar-refractivity contribution is 5.92. The summed E-state index contributed by atoms with van der Waals surface area (Å²) in [4.78, 5) is 37.5. The van der Waals surface area contributed by atoms with E-state index >= 15 is 0 Å². The molecule has 9 heteroatoms. The predicted molar refractivity (Wildman–Crippen MR) is 140 cm³/mol. The molecular formula is C27H39N5O4. The van der Waals surface area contributed by atoms with E-state index < -0.39 is 36.0 Å². The Morgan fingerprint density at radius 1 is 0.833 bits per heavy atom. The van der Waals surface area contributed by atoms with Crippen molar-refractivity contribution in [2.24, 2.45) is 11.5 Å². The number of nitrogens with one attached hydrogen (secondary N) is 3. The fourth-order valence-electron chi connectivity index (χ4n) is 3.76.